The Bertz CT molecular complexity index is 1080. The molecule has 4 rings (SSSR count). The molecule has 1 N–H and O–H groups in total. The van der Waals surface area contributed by atoms with Gasteiger partial charge in [0.2, 0.25) is 0 Å². The van der Waals surface area contributed by atoms with Crippen molar-refractivity contribution in [3.8, 4) is 0 Å². The zero-order valence-corrected chi connectivity index (χ0v) is 15.0. The van der Waals surface area contributed by atoms with Crippen LogP contribution in [0.5, 0.6) is 0 Å². The lowest BCUT2D eigenvalue weighted by molar-refractivity contribution is 0.626. The van der Waals surface area contributed by atoms with E-state index in [0.29, 0.717) is 16.7 Å². The second-order valence-corrected chi connectivity index (χ2v) is 6.86. The van der Waals surface area contributed by atoms with E-state index in [1.54, 1.807) is 18.2 Å². The van der Waals surface area contributed by atoms with Crippen LogP contribution in [0, 0.1) is 11.6 Å². The third-order valence-electron chi connectivity index (χ3n) is 3.95. The fraction of sp³-hybridized carbons (Fsp3) is 0.0476. The van der Waals surface area contributed by atoms with Crippen molar-refractivity contribution in [2.45, 2.75) is 10.9 Å². The van der Waals surface area contributed by atoms with Gasteiger partial charge < -0.3 is 5.32 Å². The number of hydrogen-bond acceptors (Lipinski definition) is 4. The van der Waals surface area contributed by atoms with E-state index >= 15 is 0 Å². The van der Waals surface area contributed by atoms with Gasteiger partial charge in [0, 0.05) is 16.8 Å². The Balaban J connectivity index is 1.64. The highest BCUT2D eigenvalue weighted by atomic mass is 32.2. The molecule has 6 heteroatoms. The SMILES string of the molecule is Fc1ccc(Nc2nc(SCc3cccc(F)c3)nc3ccccc23)cc1. The Kier molecular flexibility index (Phi) is 4.98. The maximum absolute atomic E-state index is 13.4. The summed E-state index contributed by atoms with van der Waals surface area (Å²) < 4.78 is 26.5. The van der Waals surface area contributed by atoms with Gasteiger partial charge in [-0.2, -0.15) is 0 Å². The minimum atomic E-state index is -0.292. The Labute approximate surface area is 159 Å². The van der Waals surface area contributed by atoms with Gasteiger partial charge in [0.1, 0.15) is 17.5 Å². The summed E-state index contributed by atoms with van der Waals surface area (Å²) in [5, 5.41) is 4.69. The molecule has 0 bridgehead atoms. The fourth-order valence-corrected chi connectivity index (χ4v) is 3.45. The quantitative estimate of drug-likeness (QED) is 0.344. The van der Waals surface area contributed by atoms with Crippen molar-refractivity contribution < 1.29 is 8.78 Å². The molecule has 0 radical (unpaired) electrons. The number of nitrogens with one attached hydrogen (secondary N) is 1. The smallest absolute Gasteiger partial charge is 0.190 e. The van der Waals surface area contributed by atoms with Gasteiger partial charge in [0.15, 0.2) is 5.16 Å². The second-order valence-electron chi connectivity index (χ2n) is 5.92. The summed E-state index contributed by atoms with van der Waals surface area (Å²) in [7, 11) is 0. The van der Waals surface area contributed by atoms with Crippen LogP contribution in [-0.4, -0.2) is 9.97 Å². The van der Waals surface area contributed by atoms with Crippen molar-refractivity contribution in [2.24, 2.45) is 0 Å². The van der Waals surface area contributed by atoms with Gasteiger partial charge in [0.25, 0.3) is 0 Å². The molecule has 4 aromatic rings. The first-order chi connectivity index (χ1) is 13.2. The molecule has 0 fully saturated rings. The van der Waals surface area contributed by atoms with Crippen LogP contribution >= 0.6 is 11.8 Å². The highest BCUT2D eigenvalue weighted by Gasteiger charge is 2.09. The summed E-state index contributed by atoms with van der Waals surface area (Å²) >= 11 is 1.44. The molecule has 0 atom stereocenters. The zero-order valence-electron chi connectivity index (χ0n) is 14.2. The average molecular weight is 379 g/mol. The molecule has 0 unspecified atom stereocenters. The summed E-state index contributed by atoms with van der Waals surface area (Å²) in [6.07, 6.45) is 0. The number of nitrogens with zero attached hydrogens (tertiary/aromatic N) is 2. The van der Waals surface area contributed by atoms with Crippen LogP contribution in [0.2, 0.25) is 0 Å². The van der Waals surface area contributed by atoms with Crippen LogP contribution in [0.4, 0.5) is 20.3 Å². The Morgan fingerprint density at radius 1 is 0.815 bits per heavy atom. The van der Waals surface area contributed by atoms with E-state index in [2.05, 4.69) is 15.3 Å². The standard InChI is InChI=1S/C21H15F2N3S/c22-15-8-10-17(11-9-15)24-20-18-6-1-2-7-19(18)25-21(26-20)27-13-14-4-3-5-16(23)12-14/h1-12H,13H2,(H,24,25,26). The van der Waals surface area contributed by atoms with Crippen LogP contribution in [-0.2, 0) is 5.75 Å². The molecule has 0 aliphatic heterocycles. The maximum atomic E-state index is 13.4. The van der Waals surface area contributed by atoms with Gasteiger partial charge in [-0.05, 0) is 54.1 Å². The summed E-state index contributed by atoms with van der Waals surface area (Å²) in [5.41, 5.74) is 2.41. The lowest BCUT2D eigenvalue weighted by Crippen LogP contribution is -1.99. The lowest BCUT2D eigenvalue weighted by Gasteiger charge is -2.11. The van der Waals surface area contributed by atoms with E-state index in [9.17, 15) is 8.78 Å². The number of halogens is 2. The van der Waals surface area contributed by atoms with Crippen molar-refractivity contribution in [3.63, 3.8) is 0 Å². The molecule has 0 saturated carbocycles. The molecule has 0 spiro atoms. The van der Waals surface area contributed by atoms with Crippen molar-refractivity contribution in [2.75, 3.05) is 5.32 Å². The van der Waals surface area contributed by atoms with Crippen LogP contribution in [0.3, 0.4) is 0 Å². The van der Waals surface area contributed by atoms with Crippen molar-refractivity contribution in [1.29, 1.82) is 0 Å². The normalized spacial score (nSPS) is 10.9. The summed E-state index contributed by atoms with van der Waals surface area (Å²) in [5.74, 6) is 0.658. The first-order valence-corrected chi connectivity index (χ1v) is 9.32. The fourth-order valence-electron chi connectivity index (χ4n) is 2.66. The first kappa shape index (κ1) is 17.4. The van der Waals surface area contributed by atoms with Gasteiger partial charge in [-0.3, -0.25) is 0 Å². The molecule has 3 aromatic carbocycles. The number of rotatable bonds is 5. The molecule has 0 aliphatic rings. The predicted octanol–water partition coefficient (Wildman–Crippen LogP) is 5.94. The number of thioether (sulfide) groups is 1. The molecule has 134 valence electrons. The van der Waals surface area contributed by atoms with Gasteiger partial charge >= 0.3 is 0 Å². The van der Waals surface area contributed by atoms with Crippen LogP contribution in [0.1, 0.15) is 5.56 Å². The predicted molar refractivity (Wildman–Crippen MR) is 105 cm³/mol. The molecule has 0 amide bonds. The van der Waals surface area contributed by atoms with E-state index in [1.807, 2.05) is 30.3 Å². The van der Waals surface area contributed by atoms with Crippen LogP contribution < -0.4 is 5.32 Å². The van der Waals surface area contributed by atoms with E-state index in [1.165, 1.54) is 36.0 Å². The largest absolute Gasteiger partial charge is 0.340 e. The Hall–Kier alpha value is -2.99. The van der Waals surface area contributed by atoms with Crippen LogP contribution in [0.25, 0.3) is 10.9 Å². The Morgan fingerprint density at radius 2 is 1.63 bits per heavy atom. The molecule has 0 saturated heterocycles. The molecule has 0 aliphatic carbocycles. The average Bonchev–Trinajstić information content (AvgIpc) is 2.68. The third kappa shape index (κ3) is 4.23. The van der Waals surface area contributed by atoms with Crippen molar-refractivity contribution >= 4 is 34.2 Å². The van der Waals surface area contributed by atoms with Gasteiger partial charge in [-0.25, -0.2) is 18.7 Å². The van der Waals surface area contributed by atoms with E-state index in [4.69, 9.17) is 0 Å². The highest BCUT2D eigenvalue weighted by Crippen LogP contribution is 2.28. The minimum Gasteiger partial charge on any atom is -0.340 e. The summed E-state index contributed by atoms with van der Waals surface area (Å²) in [6, 6.07) is 20.3. The molecule has 27 heavy (non-hydrogen) atoms. The monoisotopic (exact) mass is 379 g/mol. The first-order valence-electron chi connectivity index (χ1n) is 8.34. The van der Waals surface area contributed by atoms with Crippen molar-refractivity contribution in [3.05, 3.63) is 90.0 Å². The number of para-hydroxylation sites is 1. The Morgan fingerprint density at radius 3 is 2.44 bits per heavy atom. The molecule has 3 nitrogen and oxygen atoms in total. The van der Waals surface area contributed by atoms with E-state index in [0.717, 1.165) is 22.2 Å². The number of hydrogen-bond donors (Lipinski definition) is 1. The molecule has 1 aromatic heterocycles. The maximum Gasteiger partial charge on any atom is 0.190 e. The van der Waals surface area contributed by atoms with Crippen LogP contribution in [0.15, 0.2) is 78.0 Å². The second kappa shape index (κ2) is 7.72. The van der Waals surface area contributed by atoms with Crippen molar-refractivity contribution in [1.82, 2.24) is 9.97 Å². The number of aromatic nitrogens is 2. The zero-order chi connectivity index (χ0) is 18.6. The van der Waals surface area contributed by atoms with Gasteiger partial charge in [-0.15, -0.1) is 0 Å². The third-order valence-corrected chi connectivity index (χ3v) is 4.87. The van der Waals surface area contributed by atoms with E-state index < -0.39 is 0 Å². The minimum absolute atomic E-state index is 0.258. The van der Waals surface area contributed by atoms with Gasteiger partial charge in [0.05, 0.1) is 5.52 Å². The number of anilines is 2. The molecule has 1 heterocycles. The van der Waals surface area contributed by atoms with E-state index in [-0.39, 0.29) is 11.6 Å². The number of fused-ring (bicyclic) bond motifs is 1. The topological polar surface area (TPSA) is 37.8 Å². The van der Waals surface area contributed by atoms with Gasteiger partial charge in [-0.1, -0.05) is 36.0 Å². The number of benzene rings is 3. The lowest BCUT2D eigenvalue weighted by atomic mass is 10.2. The molecular weight excluding hydrogens is 364 g/mol. The molecular formula is C21H15F2N3S. The summed E-state index contributed by atoms with van der Waals surface area (Å²) in [4.78, 5) is 9.20. The highest BCUT2D eigenvalue weighted by molar-refractivity contribution is 7.98. The summed E-state index contributed by atoms with van der Waals surface area (Å²) in [6.45, 7) is 0.